The van der Waals surface area contributed by atoms with Gasteiger partial charge in [-0.25, -0.2) is 19.3 Å². The van der Waals surface area contributed by atoms with Gasteiger partial charge in [-0.05, 0) is 48.7 Å². The number of nitrogens with one attached hydrogen (secondary N) is 1. The number of nitrogens with zero attached hydrogens (tertiary/aromatic N) is 2. The quantitative estimate of drug-likeness (QED) is 0.229. The Hall–Kier alpha value is -5.11. The van der Waals surface area contributed by atoms with Crippen LogP contribution in [0.4, 0.5) is 15.3 Å². The molecule has 0 aromatic heterocycles. The summed E-state index contributed by atoms with van der Waals surface area (Å²) in [6.07, 6.45) is 0.689. The topological polar surface area (TPSA) is 88.2 Å². The van der Waals surface area contributed by atoms with Crippen molar-refractivity contribution in [2.24, 2.45) is 5.92 Å². The second-order valence-electron chi connectivity index (χ2n) is 10.4. The first kappa shape index (κ1) is 29.4. The molecule has 4 amide bonds. The monoisotopic (exact) mass is 577 g/mol. The van der Waals surface area contributed by atoms with Gasteiger partial charge in [0.15, 0.2) is 0 Å². The van der Waals surface area contributed by atoms with Gasteiger partial charge in [-0.2, -0.15) is 0 Å². The highest BCUT2D eigenvalue weighted by Crippen LogP contribution is 2.42. The van der Waals surface area contributed by atoms with Gasteiger partial charge < -0.3 is 19.7 Å². The van der Waals surface area contributed by atoms with Crippen LogP contribution in [0.15, 0.2) is 109 Å². The summed E-state index contributed by atoms with van der Waals surface area (Å²) in [4.78, 5) is 42.8. The zero-order valence-corrected chi connectivity index (χ0v) is 24.3. The molecule has 0 bridgehead atoms. The maximum Gasteiger partial charge on any atom is 0.338 e. The molecule has 0 aliphatic carbocycles. The van der Waals surface area contributed by atoms with E-state index in [1.807, 2.05) is 72.8 Å². The van der Waals surface area contributed by atoms with Gasteiger partial charge in [-0.1, -0.05) is 84.9 Å². The lowest BCUT2D eigenvalue weighted by Gasteiger charge is -2.42. The van der Waals surface area contributed by atoms with E-state index in [4.69, 9.17) is 9.47 Å². The number of carbonyl (C=O) groups is 3. The standard InChI is InChI=1S/C35H35N3O5/c1-3-42-33(39)27-17-12-18-29(22-27)36-34(40)37(2)35(41)38(23-26-15-8-5-9-16-26)32-28(21-25-13-6-4-7-14-25)24-43-31-20-11-10-19-30(31)32/h4-20,22,28,32H,3,21,23-24H2,1-2H3,(H,36,40). The third-order valence-corrected chi connectivity index (χ3v) is 7.47. The van der Waals surface area contributed by atoms with Gasteiger partial charge in [0.2, 0.25) is 0 Å². The van der Waals surface area contributed by atoms with Crippen LogP contribution in [0.3, 0.4) is 0 Å². The van der Waals surface area contributed by atoms with Crippen LogP contribution in [0.5, 0.6) is 5.75 Å². The molecule has 4 aromatic carbocycles. The van der Waals surface area contributed by atoms with Crippen molar-refractivity contribution >= 4 is 23.7 Å². The molecular weight excluding hydrogens is 542 g/mol. The largest absolute Gasteiger partial charge is 0.493 e. The Morgan fingerprint density at radius 3 is 2.26 bits per heavy atom. The second-order valence-corrected chi connectivity index (χ2v) is 10.4. The van der Waals surface area contributed by atoms with Crippen molar-refractivity contribution in [3.63, 3.8) is 0 Å². The molecule has 8 heteroatoms. The first-order valence-corrected chi connectivity index (χ1v) is 14.4. The molecule has 2 atom stereocenters. The molecule has 8 nitrogen and oxygen atoms in total. The van der Waals surface area contributed by atoms with Crippen LogP contribution in [-0.4, -0.2) is 48.1 Å². The predicted octanol–water partition coefficient (Wildman–Crippen LogP) is 6.94. The first-order valence-electron chi connectivity index (χ1n) is 14.4. The lowest BCUT2D eigenvalue weighted by atomic mass is 9.84. The number of fused-ring (bicyclic) bond motifs is 1. The lowest BCUT2D eigenvalue weighted by Crippen LogP contribution is -2.50. The third kappa shape index (κ3) is 7.04. The Balaban J connectivity index is 1.46. The molecule has 4 aromatic rings. The summed E-state index contributed by atoms with van der Waals surface area (Å²) in [7, 11) is 1.46. The number of amides is 4. The molecule has 43 heavy (non-hydrogen) atoms. The Kier molecular flexibility index (Phi) is 9.36. The average Bonchev–Trinajstić information content (AvgIpc) is 3.04. The smallest absolute Gasteiger partial charge is 0.338 e. The summed E-state index contributed by atoms with van der Waals surface area (Å²) in [5.74, 6) is 0.174. The molecule has 0 saturated carbocycles. The summed E-state index contributed by atoms with van der Waals surface area (Å²) in [6.45, 7) is 2.68. The van der Waals surface area contributed by atoms with Gasteiger partial charge in [0.25, 0.3) is 0 Å². The number of hydrogen-bond donors (Lipinski definition) is 1. The van der Waals surface area contributed by atoms with Gasteiger partial charge >= 0.3 is 18.0 Å². The number of imide groups is 1. The van der Waals surface area contributed by atoms with Gasteiger partial charge in [0.1, 0.15) is 5.75 Å². The Labute approximate surface area is 251 Å². The van der Waals surface area contributed by atoms with Crippen LogP contribution in [0, 0.1) is 5.92 Å². The number of urea groups is 2. The fraction of sp³-hybridized carbons (Fsp3) is 0.229. The summed E-state index contributed by atoms with van der Waals surface area (Å²) < 4.78 is 11.3. The van der Waals surface area contributed by atoms with Gasteiger partial charge in [-0.3, -0.25) is 0 Å². The van der Waals surface area contributed by atoms with Crippen molar-refractivity contribution < 1.29 is 23.9 Å². The summed E-state index contributed by atoms with van der Waals surface area (Å²) in [5.41, 5.74) is 3.66. The Morgan fingerprint density at radius 1 is 0.860 bits per heavy atom. The van der Waals surface area contributed by atoms with Crippen LogP contribution >= 0.6 is 0 Å². The fourth-order valence-electron chi connectivity index (χ4n) is 5.40. The van der Waals surface area contributed by atoms with Crippen LogP contribution < -0.4 is 10.1 Å². The van der Waals surface area contributed by atoms with E-state index >= 15 is 0 Å². The number of rotatable bonds is 8. The highest BCUT2D eigenvalue weighted by molar-refractivity contribution is 6.01. The van der Waals surface area contributed by atoms with Crippen molar-refractivity contribution in [1.29, 1.82) is 0 Å². The molecule has 0 fully saturated rings. The van der Waals surface area contributed by atoms with Gasteiger partial charge in [-0.15, -0.1) is 0 Å². The fourth-order valence-corrected chi connectivity index (χ4v) is 5.40. The number of ether oxygens (including phenoxy) is 2. The normalized spacial score (nSPS) is 15.4. The van der Waals surface area contributed by atoms with Crippen molar-refractivity contribution in [3.05, 3.63) is 131 Å². The Morgan fingerprint density at radius 2 is 1.53 bits per heavy atom. The zero-order valence-electron chi connectivity index (χ0n) is 24.3. The van der Waals surface area contributed by atoms with Crippen molar-refractivity contribution in [3.8, 4) is 5.75 Å². The van der Waals surface area contributed by atoms with E-state index < -0.39 is 18.0 Å². The number of hydrogen-bond acceptors (Lipinski definition) is 5. The van der Waals surface area contributed by atoms with E-state index in [0.717, 1.165) is 27.3 Å². The van der Waals surface area contributed by atoms with Crippen molar-refractivity contribution in [1.82, 2.24) is 9.80 Å². The molecule has 1 aliphatic rings. The van der Waals surface area contributed by atoms with E-state index in [1.165, 1.54) is 13.1 Å². The number of carbonyl (C=O) groups excluding carboxylic acids is 3. The predicted molar refractivity (Wildman–Crippen MR) is 165 cm³/mol. The molecule has 220 valence electrons. The van der Waals surface area contributed by atoms with Crippen LogP contribution in [-0.2, 0) is 17.7 Å². The molecule has 2 unspecified atom stereocenters. The molecule has 0 radical (unpaired) electrons. The molecular formula is C35H35N3O5. The molecule has 1 aliphatic heterocycles. The molecule has 1 N–H and O–H groups in total. The maximum atomic E-state index is 14.3. The van der Waals surface area contributed by atoms with E-state index in [-0.39, 0.29) is 18.6 Å². The molecule has 0 spiro atoms. The SMILES string of the molecule is CCOC(=O)c1cccc(NC(=O)N(C)C(=O)N(Cc2ccccc2)C2c3ccccc3OCC2Cc2ccccc2)c1. The maximum absolute atomic E-state index is 14.3. The Bertz CT molecular complexity index is 1560. The van der Waals surface area contributed by atoms with E-state index in [2.05, 4.69) is 17.4 Å². The highest BCUT2D eigenvalue weighted by Gasteiger charge is 2.39. The van der Waals surface area contributed by atoms with E-state index in [0.29, 0.717) is 30.8 Å². The number of benzene rings is 4. The highest BCUT2D eigenvalue weighted by atomic mass is 16.5. The lowest BCUT2D eigenvalue weighted by molar-refractivity contribution is 0.0526. The minimum absolute atomic E-state index is 0.0670. The van der Waals surface area contributed by atoms with Gasteiger partial charge in [0.05, 0.1) is 24.8 Å². The van der Waals surface area contributed by atoms with Crippen molar-refractivity contribution in [2.75, 3.05) is 25.6 Å². The molecule has 5 rings (SSSR count). The van der Waals surface area contributed by atoms with Crippen LogP contribution in [0.25, 0.3) is 0 Å². The first-order chi connectivity index (χ1) is 20.9. The molecule has 1 heterocycles. The summed E-state index contributed by atoms with van der Waals surface area (Å²) >= 11 is 0. The third-order valence-electron chi connectivity index (χ3n) is 7.47. The number of esters is 1. The summed E-state index contributed by atoms with van der Waals surface area (Å²) in [6, 6.07) is 32.7. The van der Waals surface area contributed by atoms with Gasteiger partial charge in [0, 0.05) is 30.8 Å². The van der Waals surface area contributed by atoms with E-state index in [9.17, 15) is 14.4 Å². The van der Waals surface area contributed by atoms with E-state index in [1.54, 1.807) is 30.0 Å². The minimum atomic E-state index is -0.621. The second kappa shape index (κ2) is 13.7. The van der Waals surface area contributed by atoms with Crippen molar-refractivity contribution in [2.45, 2.75) is 25.9 Å². The molecule has 0 saturated heterocycles. The van der Waals surface area contributed by atoms with Crippen LogP contribution in [0.2, 0.25) is 0 Å². The number of anilines is 1. The summed E-state index contributed by atoms with van der Waals surface area (Å²) in [5, 5.41) is 2.76. The average molecular weight is 578 g/mol. The van der Waals surface area contributed by atoms with Crippen LogP contribution in [0.1, 0.15) is 40.0 Å². The zero-order chi connectivity index (χ0) is 30.2. The minimum Gasteiger partial charge on any atom is -0.493 e. The number of para-hydroxylation sites is 1.